The summed E-state index contributed by atoms with van der Waals surface area (Å²) >= 11 is 0. The minimum atomic E-state index is -3.66. The first-order chi connectivity index (χ1) is 9.95. The van der Waals surface area contributed by atoms with E-state index < -0.39 is 10.0 Å². The van der Waals surface area contributed by atoms with Gasteiger partial charge in [-0.15, -0.1) is 0 Å². The number of nitrogens with zero attached hydrogens (tertiary/aromatic N) is 4. The number of nitrogens with one attached hydrogen (secondary N) is 1. The van der Waals surface area contributed by atoms with Crippen LogP contribution in [-0.4, -0.2) is 42.3 Å². The van der Waals surface area contributed by atoms with E-state index in [0.29, 0.717) is 12.5 Å². The molecular weight excluding hydrogens is 290 g/mol. The Hall–Kier alpha value is -1.72. The van der Waals surface area contributed by atoms with Crippen molar-refractivity contribution in [3.63, 3.8) is 0 Å². The van der Waals surface area contributed by atoms with Crippen molar-refractivity contribution in [1.29, 1.82) is 5.26 Å². The van der Waals surface area contributed by atoms with Crippen LogP contribution in [-0.2, 0) is 10.0 Å². The van der Waals surface area contributed by atoms with E-state index in [1.54, 1.807) is 13.8 Å². The van der Waals surface area contributed by atoms with Gasteiger partial charge in [-0.1, -0.05) is 13.8 Å². The SMILES string of the molecule is CCCNc1ncc(S(=O)(=O)N(CC)CC(C)C#N)cn1. The molecule has 0 radical (unpaired) electrons. The maximum absolute atomic E-state index is 12.5. The number of aromatic nitrogens is 2. The fourth-order valence-corrected chi connectivity index (χ4v) is 3.10. The van der Waals surface area contributed by atoms with Crippen molar-refractivity contribution >= 4 is 16.0 Å². The number of hydrogen-bond acceptors (Lipinski definition) is 6. The molecule has 1 heterocycles. The second-order valence-corrected chi connectivity index (χ2v) is 6.59. The molecule has 0 aliphatic rings. The Labute approximate surface area is 126 Å². The van der Waals surface area contributed by atoms with Crippen LogP contribution >= 0.6 is 0 Å². The first-order valence-electron chi connectivity index (χ1n) is 6.91. The highest BCUT2D eigenvalue weighted by atomic mass is 32.2. The van der Waals surface area contributed by atoms with Gasteiger partial charge in [0.1, 0.15) is 4.90 Å². The van der Waals surface area contributed by atoms with Gasteiger partial charge in [-0.3, -0.25) is 0 Å². The average Bonchev–Trinajstić information content (AvgIpc) is 2.50. The van der Waals surface area contributed by atoms with Gasteiger partial charge in [0.15, 0.2) is 0 Å². The quantitative estimate of drug-likeness (QED) is 0.780. The Morgan fingerprint density at radius 2 is 2.00 bits per heavy atom. The summed E-state index contributed by atoms with van der Waals surface area (Å²) in [6.45, 7) is 6.62. The third-order valence-corrected chi connectivity index (χ3v) is 4.74. The predicted molar refractivity (Wildman–Crippen MR) is 80.0 cm³/mol. The lowest BCUT2D eigenvalue weighted by atomic mass is 10.2. The number of hydrogen-bond donors (Lipinski definition) is 1. The van der Waals surface area contributed by atoms with Crippen LogP contribution in [0.1, 0.15) is 27.2 Å². The molecule has 8 heteroatoms. The molecule has 7 nitrogen and oxygen atoms in total. The zero-order chi connectivity index (χ0) is 15.9. The zero-order valence-electron chi connectivity index (χ0n) is 12.6. The van der Waals surface area contributed by atoms with Crippen LogP contribution in [0.2, 0.25) is 0 Å². The Morgan fingerprint density at radius 1 is 1.38 bits per heavy atom. The van der Waals surface area contributed by atoms with Gasteiger partial charge in [-0.2, -0.15) is 9.57 Å². The fraction of sp³-hybridized carbons (Fsp3) is 0.615. The maximum Gasteiger partial charge on any atom is 0.246 e. The summed E-state index contributed by atoms with van der Waals surface area (Å²) < 4.78 is 26.2. The van der Waals surface area contributed by atoms with Gasteiger partial charge < -0.3 is 5.32 Å². The second kappa shape index (κ2) is 7.90. The lowest BCUT2D eigenvalue weighted by Gasteiger charge is -2.21. The summed E-state index contributed by atoms with van der Waals surface area (Å²) in [5, 5.41) is 11.8. The molecule has 1 aromatic heterocycles. The van der Waals surface area contributed by atoms with Crippen LogP contribution in [0.5, 0.6) is 0 Å². The molecule has 1 atom stereocenters. The molecule has 0 saturated carbocycles. The molecule has 0 aliphatic carbocycles. The van der Waals surface area contributed by atoms with Crippen molar-refractivity contribution in [2.75, 3.05) is 25.0 Å². The van der Waals surface area contributed by atoms with E-state index in [1.165, 1.54) is 16.7 Å². The first-order valence-corrected chi connectivity index (χ1v) is 8.35. The summed E-state index contributed by atoms with van der Waals surface area (Å²) in [6, 6.07) is 2.04. The fourth-order valence-electron chi connectivity index (χ4n) is 1.67. The van der Waals surface area contributed by atoms with Crippen LogP contribution in [0, 0.1) is 17.2 Å². The van der Waals surface area contributed by atoms with Crippen molar-refractivity contribution in [3.05, 3.63) is 12.4 Å². The highest BCUT2D eigenvalue weighted by Crippen LogP contribution is 2.16. The molecule has 0 fully saturated rings. The van der Waals surface area contributed by atoms with Gasteiger partial charge in [0.25, 0.3) is 0 Å². The van der Waals surface area contributed by atoms with Crippen molar-refractivity contribution < 1.29 is 8.42 Å². The normalized spacial score (nSPS) is 12.9. The molecule has 0 saturated heterocycles. The van der Waals surface area contributed by atoms with Crippen LogP contribution in [0.4, 0.5) is 5.95 Å². The second-order valence-electron chi connectivity index (χ2n) is 4.65. The monoisotopic (exact) mass is 311 g/mol. The predicted octanol–water partition coefficient (Wildman–Crippen LogP) is 1.47. The van der Waals surface area contributed by atoms with E-state index in [-0.39, 0.29) is 17.4 Å². The molecule has 0 aromatic carbocycles. The van der Waals surface area contributed by atoms with Gasteiger partial charge in [-0.25, -0.2) is 18.4 Å². The van der Waals surface area contributed by atoms with E-state index in [4.69, 9.17) is 5.26 Å². The van der Waals surface area contributed by atoms with Crippen molar-refractivity contribution in [3.8, 4) is 6.07 Å². The van der Waals surface area contributed by atoms with Gasteiger partial charge in [-0.05, 0) is 13.3 Å². The Kier molecular flexibility index (Phi) is 6.52. The lowest BCUT2D eigenvalue weighted by Crippen LogP contribution is -2.34. The summed E-state index contributed by atoms with van der Waals surface area (Å²) in [4.78, 5) is 8.05. The number of sulfonamides is 1. The lowest BCUT2D eigenvalue weighted by molar-refractivity contribution is 0.399. The van der Waals surface area contributed by atoms with Gasteiger partial charge in [0.05, 0.1) is 24.4 Å². The maximum atomic E-state index is 12.5. The average molecular weight is 311 g/mol. The topological polar surface area (TPSA) is 99.0 Å². The first kappa shape index (κ1) is 17.3. The van der Waals surface area contributed by atoms with Gasteiger partial charge in [0, 0.05) is 19.6 Å². The summed E-state index contributed by atoms with van der Waals surface area (Å²) in [7, 11) is -3.66. The van der Waals surface area contributed by atoms with E-state index in [2.05, 4.69) is 15.3 Å². The summed E-state index contributed by atoms with van der Waals surface area (Å²) in [5.74, 6) is 0.0374. The zero-order valence-corrected chi connectivity index (χ0v) is 13.4. The smallest absolute Gasteiger partial charge is 0.246 e. The van der Waals surface area contributed by atoms with E-state index in [9.17, 15) is 8.42 Å². The highest BCUT2D eigenvalue weighted by molar-refractivity contribution is 7.89. The number of rotatable bonds is 8. The van der Waals surface area contributed by atoms with E-state index >= 15 is 0 Å². The largest absolute Gasteiger partial charge is 0.354 e. The molecule has 1 unspecified atom stereocenters. The van der Waals surface area contributed by atoms with Crippen LogP contribution in [0.25, 0.3) is 0 Å². The molecule has 0 bridgehead atoms. The molecule has 0 aliphatic heterocycles. The van der Waals surface area contributed by atoms with Crippen LogP contribution < -0.4 is 5.32 Å². The molecule has 0 amide bonds. The molecule has 21 heavy (non-hydrogen) atoms. The van der Waals surface area contributed by atoms with Crippen LogP contribution in [0.3, 0.4) is 0 Å². The van der Waals surface area contributed by atoms with Crippen LogP contribution in [0.15, 0.2) is 17.3 Å². The summed E-state index contributed by atoms with van der Waals surface area (Å²) in [6.07, 6.45) is 3.51. The van der Waals surface area contributed by atoms with Gasteiger partial charge >= 0.3 is 0 Å². The Morgan fingerprint density at radius 3 is 2.48 bits per heavy atom. The number of nitriles is 1. The molecule has 1 rings (SSSR count). The van der Waals surface area contributed by atoms with Crippen molar-refractivity contribution in [2.45, 2.75) is 32.1 Å². The third-order valence-electron chi connectivity index (χ3n) is 2.85. The minimum Gasteiger partial charge on any atom is -0.354 e. The van der Waals surface area contributed by atoms with Crippen molar-refractivity contribution in [2.24, 2.45) is 5.92 Å². The van der Waals surface area contributed by atoms with Crippen molar-refractivity contribution in [1.82, 2.24) is 14.3 Å². The molecule has 0 spiro atoms. The summed E-state index contributed by atoms with van der Waals surface area (Å²) in [5.41, 5.74) is 0. The Balaban J connectivity index is 2.93. The molecule has 116 valence electrons. The standard InChI is InChI=1S/C13H21N5O2S/c1-4-6-15-13-16-8-12(9-17-13)21(19,20)18(5-2)10-11(3)7-14/h8-9,11H,4-6,10H2,1-3H3,(H,15,16,17). The van der Waals surface area contributed by atoms with E-state index in [0.717, 1.165) is 13.0 Å². The van der Waals surface area contributed by atoms with E-state index in [1.807, 2.05) is 13.0 Å². The number of anilines is 1. The van der Waals surface area contributed by atoms with Gasteiger partial charge in [0.2, 0.25) is 16.0 Å². The molecule has 1 N–H and O–H groups in total. The molecule has 1 aromatic rings. The Bertz CT molecular complexity index is 580. The minimum absolute atomic E-state index is 0.0385. The molecular formula is C13H21N5O2S. The third kappa shape index (κ3) is 4.65. The highest BCUT2D eigenvalue weighted by Gasteiger charge is 2.25.